The molecule has 0 atom stereocenters. The molecule has 3 heterocycles. The third kappa shape index (κ3) is 3.70. The second-order valence-corrected chi connectivity index (χ2v) is 6.22. The molecular formula is C17H17N5O5. The summed E-state index contributed by atoms with van der Waals surface area (Å²) < 4.78 is 6.47. The van der Waals surface area contributed by atoms with E-state index in [0.717, 1.165) is 0 Å². The highest BCUT2D eigenvalue weighted by Gasteiger charge is 2.24. The van der Waals surface area contributed by atoms with Gasteiger partial charge in [-0.3, -0.25) is 4.79 Å². The summed E-state index contributed by atoms with van der Waals surface area (Å²) in [5.41, 5.74) is -0.258. The number of aromatic nitrogens is 4. The third-order valence-corrected chi connectivity index (χ3v) is 3.66. The van der Waals surface area contributed by atoms with Gasteiger partial charge in [-0.15, -0.1) is 0 Å². The number of methoxy groups -OCH3 is 1. The van der Waals surface area contributed by atoms with Crippen LogP contribution in [0, 0.1) is 0 Å². The standard InChI is InChI=1S/C17H17N5O5/c1-17(2,26)16(25)20-12-8-22-13(19-12)7-6-11(21-22)10-5-4-9(15(23)24)14(18-10)27-3/h4-8,26H,1-3H3,(H,20,25)(H,23,24). The Labute approximate surface area is 153 Å². The Bertz CT molecular complexity index is 1040. The van der Waals surface area contributed by atoms with Crippen molar-refractivity contribution in [2.24, 2.45) is 0 Å². The molecule has 10 heteroatoms. The lowest BCUT2D eigenvalue weighted by Crippen LogP contribution is -2.36. The number of carbonyl (C=O) groups is 2. The van der Waals surface area contributed by atoms with Crippen molar-refractivity contribution < 1.29 is 24.5 Å². The van der Waals surface area contributed by atoms with Crippen molar-refractivity contribution in [1.82, 2.24) is 19.6 Å². The molecular weight excluding hydrogens is 354 g/mol. The Morgan fingerprint density at radius 1 is 1.15 bits per heavy atom. The molecule has 0 aromatic carbocycles. The van der Waals surface area contributed by atoms with E-state index in [-0.39, 0.29) is 17.3 Å². The molecule has 3 rings (SSSR count). The zero-order valence-electron chi connectivity index (χ0n) is 14.8. The Morgan fingerprint density at radius 2 is 1.85 bits per heavy atom. The van der Waals surface area contributed by atoms with Gasteiger partial charge in [-0.25, -0.2) is 19.3 Å². The lowest BCUT2D eigenvalue weighted by molar-refractivity contribution is -0.130. The quantitative estimate of drug-likeness (QED) is 0.608. The summed E-state index contributed by atoms with van der Waals surface area (Å²) in [6.45, 7) is 2.74. The van der Waals surface area contributed by atoms with Crippen LogP contribution in [-0.2, 0) is 4.79 Å². The molecule has 3 aromatic heterocycles. The van der Waals surface area contributed by atoms with Crippen LogP contribution in [0.15, 0.2) is 30.5 Å². The number of carboxylic acid groups (broad SMARTS) is 1. The summed E-state index contributed by atoms with van der Waals surface area (Å²) in [6, 6.07) is 6.24. The smallest absolute Gasteiger partial charge is 0.341 e. The summed E-state index contributed by atoms with van der Waals surface area (Å²) in [7, 11) is 1.34. The molecule has 3 N–H and O–H groups in total. The Kier molecular flexibility index (Phi) is 4.50. The van der Waals surface area contributed by atoms with Crippen LogP contribution in [0.25, 0.3) is 17.0 Å². The van der Waals surface area contributed by atoms with Crippen LogP contribution in [0.5, 0.6) is 5.88 Å². The monoisotopic (exact) mass is 371 g/mol. The molecule has 140 valence electrons. The van der Waals surface area contributed by atoms with E-state index in [1.54, 1.807) is 12.1 Å². The number of nitrogens with one attached hydrogen (secondary N) is 1. The third-order valence-electron chi connectivity index (χ3n) is 3.66. The maximum Gasteiger partial charge on any atom is 0.341 e. The number of imidazole rings is 1. The van der Waals surface area contributed by atoms with E-state index in [1.807, 2.05) is 0 Å². The van der Waals surface area contributed by atoms with Gasteiger partial charge in [0.1, 0.15) is 16.9 Å². The molecule has 0 saturated heterocycles. The predicted molar refractivity (Wildman–Crippen MR) is 94.7 cm³/mol. The highest BCUT2D eigenvalue weighted by atomic mass is 16.5. The molecule has 0 aliphatic heterocycles. The Balaban J connectivity index is 1.95. The number of hydrogen-bond donors (Lipinski definition) is 3. The summed E-state index contributed by atoms with van der Waals surface area (Å²) in [6.07, 6.45) is 1.49. The minimum atomic E-state index is -1.54. The summed E-state index contributed by atoms with van der Waals surface area (Å²) in [5.74, 6) is -1.53. The van der Waals surface area contributed by atoms with E-state index in [0.29, 0.717) is 17.0 Å². The number of amides is 1. The fourth-order valence-corrected chi connectivity index (χ4v) is 2.25. The number of aromatic carboxylic acids is 1. The first-order valence-electron chi connectivity index (χ1n) is 7.88. The van der Waals surface area contributed by atoms with E-state index >= 15 is 0 Å². The number of rotatable bonds is 5. The average Bonchev–Trinajstić information content (AvgIpc) is 3.01. The number of carbonyl (C=O) groups excluding carboxylic acids is 1. The van der Waals surface area contributed by atoms with Crippen molar-refractivity contribution in [1.29, 1.82) is 0 Å². The highest BCUT2D eigenvalue weighted by molar-refractivity contribution is 5.96. The molecule has 0 unspecified atom stereocenters. The van der Waals surface area contributed by atoms with Crippen molar-refractivity contribution in [3.63, 3.8) is 0 Å². The summed E-state index contributed by atoms with van der Waals surface area (Å²) >= 11 is 0. The van der Waals surface area contributed by atoms with Crippen LogP contribution in [0.2, 0.25) is 0 Å². The van der Waals surface area contributed by atoms with Crippen LogP contribution in [0.4, 0.5) is 5.82 Å². The maximum atomic E-state index is 11.9. The molecule has 3 aromatic rings. The lowest BCUT2D eigenvalue weighted by atomic mass is 10.1. The number of fused-ring (bicyclic) bond motifs is 1. The van der Waals surface area contributed by atoms with Gasteiger partial charge < -0.3 is 20.3 Å². The van der Waals surface area contributed by atoms with Crippen LogP contribution in [0.3, 0.4) is 0 Å². The lowest BCUT2D eigenvalue weighted by Gasteiger charge is -2.14. The van der Waals surface area contributed by atoms with Gasteiger partial charge in [0.15, 0.2) is 11.5 Å². The first kappa shape index (κ1) is 18.3. The molecule has 0 fully saturated rings. The molecule has 0 spiro atoms. The van der Waals surface area contributed by atoms with Crippen LogP contribution in [0.1, 0.15) is 24.2 Å². The number of ether oxygens (including phenoxy) is 1. The van der Waals surface area contributed by atoms with Gasteiger partial charge in [-0.05, 0) is 38.1 Å². The van der Waals surface area contributed by atoms with Crippen molar-refractivity contribution in [3.8, 4) is 17.3 Å². The SMILES string of the molecule is COc1nc(-c2ccc3nc(NC(=O)C(C)(C)O)cn3n2)ccc1C(=O)O. The van der Waals surface area contributed by atoms with E-state index < -0.39 is 17.5 Å². The minimum absolute atomic E-state index is 0.0225. The molecule has 0 bridgehead atoms. The van der Waals surface area contributed by atoms with Gasteiger partial charge in [0.05, 0.1) is 19.0 Å². The zero-order valence-corrected chi connectivity index (χ0v) is 14.8. The number of pyridine rings is 1. The number of hydrogen-bond acceptors (Lipinski definition) is 7. The second kappa shape index (κ2) is 6.65. The minimum Gasteiger partial charge on any atom is -0.480 e. The van der Waals surface area contributed by atoms with Crippen molar-refractivity contribution in [3.05, 3.63) is 36.0 Å². The van der Waals surface area contributed by atoms with Gasteiger partial charge in [-0.2, -0.15) is 5.10 Å². The average molecular weight is 371 g/mol. The van der Waals surface area contributed by atoms with E-state index in [1.165, 1.54) is 43.8 Å². The van der Waals surface area contributed by atoms with Gasteiger partial charge in [0.25, 0.3) is 5.91 Å². The van der Waals surface area contributed by atoms with E-state index in [9.17, 15) is 14.7 Å². The zero-order chi connectivity index (χ0) is 19.8. The van der Waals surface area contributed by atoms with E-state index in [4.69, 9.17) is 9.84 Å². The molecule has 1 amide bonds. The molecule has 0 saturated carbocycles. The first-order valence-corrected chi connectivity index (χ1v) is 7.88. The summed E-state index contributed by atoms with van der Waals surface area (Å²) in [5, 5.41) is 25.7. The maximum absolute atomic E-state index is 11.9. The Morgan fingerprint density at radius 3 is 2.48 bits per heavy atom. The topological polar surface area (TPSA) is 139 Å². The first-order chi connectivity index (χ1) is 12.7. The second-order valence-electron chi connectivity index (χ2n) is 6.22. The normalized spacial score (nSPS) is 11.4. The highest BCUT2D eigenvalue weighted by Crippen LogP contribution is 2.22. The number of aliphatic hydroxyl groups is 1. The van der Waals surface area contributed by atoms with Gasteiger partial charge in [-0.1, -0.05) is 0 Å². The van der Waals surface area contributed by atoms with Crippen LogP contribution in [-0.4, -0.2) is 54.4 Å². The molecule has 0 aliphatic rings. The van der Waals surface area contributed by atoms with Crippen molar-refractivity contribution in [2.45, 2.75) is 19.4 Å². The van der Waals surface area contributed by atoms with E-state index in [2.05, 4.69) is 20.4 Å². The fraction of sp³-hybridized carbons (Fsp3) is 0.235. The summed E-state index contributed by atoms with van der Waals surface area (Å²) in [4.78, 5) is 31.4. The van der Waals surface area contributed by atoms with Crippen LogP contribution < -0.4 is 10.1 Å². The molecule has 0 radical (unpaired) electrons. The van der Waals surface area contributed by atoms with Gasteiger partial charge in [0, 0.05) is 0 Å². The number of carboxylic acids is 1. The van der Waals surface area contributed by atoms with Gasteiger partial charge >= 0.3 is 5.97 Å². The largest absolute Gasteiger partial charge is 0.480 e. The van der Waals surface area contributed by atoms with Crippen molar-refractivity contribution in [2.75, 3.05) is 12.4 Å². The van der Waals surface area contributed by atoms with Crippen molar-refractivity contribution >= 4 is 23.3 Å². The molecule has 27 heavy (non-hydrogen) atoms. The Hall–Kier alpha value is -3.53. The number of anilines is 1. The fourth-order valence-electron chi connectivity index (χ4n) is 2.25. The number of nitrogens with zero attached hydrogens (tertiary/aromatic N) is 4. The van der Waals surface area contributed by atoms with Crippen LogP contribution >= 0.6 is 0 Å². The van der Waals surface area contributed by atoms with Gasteiger partial charge in [0.2, 0.25) is 5.88 Å². The molecule has 10 nitrogen and oxygen atoms in total. The predicted octanol–water partition coefficient (Wildman–Crippen LogP) is 1.21. The molecule has 0 aliphatic carbocycles.